The van der Waals surface area contributed by atoms with E-state index >= 15 is 0 Å². The molecule has 0 aliphatic heterocycles. The van der Waals surface area contributed by atoms with Crippen LogP contribution in [-0.4, -0.2) is 30.4 Å². The third-order valence-electron chi connectivity index (χ3n) is 0.433. The van der Waals surface area contributed by atoms with Crippen LogP contribution in [0, 0.1) is 0 Å². The molecule has 2 heteroatoms. The maximum atomic E-state index is 2.38. The molecule has 0 aromatic carbocycles. The molecule has 0 rings (SSSR count). The van der Waals surface area contributed by atoms with Crippen LogP contribution in [-0.2, 0) is 0 Å². The maximum absolute atomic E-state index is 2.38. The van der Waals surface area contributed by atoms with Crippen molar-refractivity contribution in [3.05, 3.63) is 0 Å². The van der Waals surface area contributed by atoms with Crippen LogP contribution in [0.2, 0.25) is 23.7 Å². The molecule has 0 spiro atoms. The van der Waals surface area contributed by atoms with Gasteiger partial charge in [0.15, 0.2) is 0 Å². The minimum atomic E-state index is -0.627. The summed E-state index contributed by atoms with van der Waals surface area (Å²) in [5.41, 5.74) is 0. The second-order valence-electron chi connectivity index (χ2n) is 2.70. The molecule has 0 saturated carbocycles. The monoisotopic (exact) mass is 217 g/mol. The third-order valence-corrected chi connectivity index (χ3v) is 8.71. The van der Waals surface area contributed by atoms with Crippen molar-refractivity contribution in [3.8, 4) is 0 Å². The van der Waals surface area contributed by atoms with Gasteiger partial charge in [0.25, 0.3) is 0 Å². The summed E-state index contributed by atoms with van der Waals surface area (Å²) < 4.78 is 1.42. The fraction of sp³-hybridized carbons (Fsp3) is 1.00. The van der Waals surface area contributed by atoms with E-state index in [1.807, 2.05) is 0 Å². The first-order valence-corrected chi connectivity index (χ1v) is 7.50. The molecule has 0 unspecified atom stereocenters. The Morgan fingerprint density at radius 3 is 1.50 bits per heavy atom. The number of hydrogen-bond donors (Lipinski definition) is 0. The fourth-order valence-electron chi connectivity index (χ4n) is 0. The van der Waals surface area contributed by atoms with Gasteiger partial charge in [-0.05, 0) is 0 Å². The van der Waals surface area contributed by atoms with Crippen molar-refractivity contribution in [2.45, 2.75) is 23.7 Å². The Morgan fingerprint density at radius 1 is 1.33 bits per heavy atom. The molecular weight excluding hydrogens is 204 g/mol. The molecule has 0 saturated heterocycles. The molecular formula is C4H11SiTe. The molecule has 0 atom stereocenters. The summed E-state index contributed by atoms with van der Waals surface area (Å²) in [5.74, 6) is 0. The normalized spacial score (nSPS) is 12.0. The minimum absolute atomic E-state index is 0.627. The van der Waals surface area contributed by atoms with Crippen LogP contribution in [0.5, 0.6) is 0 Å². The van der Waals surface area contributed by atoms with Crippen LogP contribution in [0.4, 0.5) is 0 Å². The Balaban J connectivity index is 3.17. The van der Waals surface area contributed by atoms with Gasteiger partial charge >= 0.3 is 54.1 Å². The summed E-state index contributed by atoms with van der Waals surface area (Å²) in [6.07, 6.45) is 0. The van der Waals surface area contributed by atoms with Gasteiger partial charge in [0.2, 0.25) is 0 Å². The first-order valence-electron chi connectivity index (χ1n) is 2.14. The molecule has 0 N–H and O–H groups in total. The van der Waals surface area contributed by atoms with Gasteiger partial charge in [-0.25, -0.2) is 0 Å². The quantitative estimate of drug-likeness (QED) is 0.580. The zero-order valence-corrected chi connectivity index (χ0v) is 7.95. The van der Waals surface area contributed by atoms with Crippen LogP contribution in [0.25, 0.3) is 0 Å². The second-order valence-corrected chi connectivity index (χ2v) is 10.6. The van der Waals surface area contributed by atoms with E-state index in [1.165, 1.54) is 4.09 Å². The zero-order valence-electron chi connectivity index (χ0n) is 4.62. The van der Waals surface area contributed by atoms with Gasteiger partial charge in [-0.1, -0.05) is 0 Å². The number of rotatable bonds is 1. The van der Waals surface area contributed by atoms with Crippen LogP contribution >= 0.6 is 0 Å². The van der Waals surface area contributed by atoms with E-state index in [-0.39, 0.29) is 0 Å². The van der Waals surface area contributed by atoms with Crippen molar-refractivity contribution in [2.75, 3.05) is 0 Å². The van der Waals surface area contributed by atoms with Gasteiger partial charge in [0, 0.05) is 0 Å². The molecule has 6 heavy (non-hydrogen) atoms. The predicted octanol–water partition coefficient (Wildman–Crippen LogP) is 1.45. The van der Waals surface area contributed by atoms with Gasteiger partial charge in [-0.2, -0.15) is 0 Å². The first-order chi connectivity index (χ1) is 2.56. The van der Waals surface area contributed by atoms with E-state index in [0.29, 0.717) is 0 Å². The molecule has 0 aromatic heterocycles. The van der Waals surface area contributed by atoms with E-state index in [1.54, 1.807) is 0 Å². The van der Waals surface area contributed by atoms with E-state index < -0.39 is 8.07 Å². The van der Waals surface area contributed by atoms with E-state index in [4.69, 9.17) is 0 Å². The summed E-state index contributed by atoms with van der Waals surface area (Å²) >= 11 is 2.21. The molecule has 0 aliphatic rings. The van der Waals surface area contributed by atoms with E-state index in [2.05, 4.69) is 41.9 Å². The summed E-state index contributed by atoms with van der Waals surface area (Å²) in [7, 11) is -0.627. The first kappa shape index (κ1) is 7.01. The van der Waals surface area contributed by atoms with E-state index in [0.717, 1.165) is 0 Å². The van der Waals surface area contributed by atoms with Gasteiger partial charge in [-0.3, -0.25) is 0 Å². The molecule has 0 fully saturated rings. The Hall–Kier alpha value is 1.01. The SMILES string of the molecule is C[Si](C)(C)C[Te]. The molecule has 0 bridgehead atoms. The fourth-order valence-corrected chi connectivity index (χ4v) is 0. The van der Waals surface area contributed by atoms with Crippen molar-refractivity contribution < 1.29 is 0 Å². The number of hydrogen-bond acceptors (Lipinski definition) is 0. The predicted molar refractivity (Wildman–Crippen MR) is 33.9 cm³/mol. The Kier molecular flexibility index (Phi) is 2.74. The van der Waals surface area contributed by atoms with Crippen LogP contribution in [0.3, 0.4) is 0 Å². The second kappa shape index (κ2) is 2.35. The summed E-state index contributed by atoms with van der Waals surface area (Å²) in [4.78, 5) is 0. The Bertz CT molecular complexity index is 37.3. The molecule has 1 radical (unpaired) electrons. The molecule has 0 amide bonds. The van der Waals surface area contributed by atoms with Gasteiger partial charge < -0.3 is 0 Å². The molecule has 0 nitrogen and oxygen atoms in total. The van der Waals surface area contributed by atoms with E-state index in [9.17, 15) is 0 Å². The molecule has 37 valence electrons. The zero-order chi connectivity index (χ0) is 5.21. The van der Waals surface area contributed by atoms with Gasteiger partial charge in [0.05, 0.1) is 0 Å². The molecule has 0 aliphatic carbocycles. The average Bonchev–Trinajstić information content (AvgIpc) is 1.35. The Morgan fingerprint density at radius 2 is 1.50 bits per heavy atom. The van der Waals surface area contributed by atoms with Crippen molar-refractivity contribution in [2.24, 2.45) is 0 Å². The van der Waals surface area contributed by atoms with Crippen molar-refractivity contribution >= 4 is 30.4 Å². The van der Waals surface area contributed by atoms with Gasteiger partial charge in [-0.15, -0.1) is 0 Å². The Labute approximate surface area is 54.2 Å². The van der Waals surface area contributed by atoms with Crippen molar-refractivity contribution in [3.63, 3.8) is 0 Å². The van der Waals surface area contributed by atoms with Crippen LogP contribution in [0.15, 0.2) is 0 Å². The van der Waals surface area contributed by atoms with Gasteiger partial charge in [0.1, 0.15) is 0 Å². The van der Waals surface area contributed by atoms with Crippen LogP contribution < -0.4 is 0 Å². The third kappa shape index (κ3) is 5.01. The van der Waals surface area contributed by atoms with Crippen molar-refractivity contribution in [1.82, 2.24) is 0 Å². The average molecular weight is 215 g/mol. The standard InChI is InChI=1S/C4H11SiTe/c1-5(2,3)4-6/h4H2,1-3H3. The topological polar surface area (TPSA) is 0 Å². The summed E-state index contributed by atoms with van der Waals surface area (Å²) in [6.45, 7) is 7.15. The van der Waals surface area contributed by atoms with Crippen molar-refractivity contribution in [1.29, 1.82) is 0 Å². The molecule has 0 aromatic rings. The molecule has 0 heterocycles. The van der Waals surface area contributed by atoms with Crippen LogP contribution in [0.1, 0.15) is 0 Å². The summed E-state index contributed by atoms with van der Waals surface area (Å²) in [5, 5.41) is 0. The summed E-state index contributed by atoms with van der Waals surface area (Å²) in [6, 6.07) is 0.